The zero-order valence-electron chi connectivity index (χ0n) is 18.9. The average molecular weight is 468 g/mol. The Morgan fingerprint density at radius 3 is 2.38 bits per heavy atom. The van der Waals surface area contributed by atoms with Gasteiger partial charge < -0.3 is 9.64 Å². The van der Waals surface area contributed by atoms with Crippen molar-refractivity contribution in [2.24, 2.45) is 4.99 Å². The predicted molar refractivity (Wildman–Crippen MR) is 137 cm³/mol. The summed E-state index contributed by atoms with van der Waals surface area (Å²) in [5.74, 6) is -1.28. The number of carbonyl (C=O) groups excluding carboxylic acids is 2. The number of esters is 2. The molecule has 0 unspecified atom stereocenters. The van der Waals surface area contributed by atoms with E-state index in [0.717, 1.165) is 37.8 Å². The van der Waals surface area contributed by atoms with Crippen molar-refractivity contribution in [2.75, 3.05) is 19.0 Å². The second-order valence-corrected chi connectivity index (χ2v) is 9.27. The number of cyclic esters (lactones) is 2. The summed E-state index contributed by atoms with van der Waals surface area (Å²) in [5.41, 5.74) is 6.51. The Kier molecular flexibility index (Phi) is 5.55. The fourth-order valence-corrected chi connectivity index (χ4v) is 4.83. The molecule has 1 aromatic heterocycles. The standard InChI is InChI=1S/C27H21N3O3S/c1-16-12-21(22-14-24(31)33-27(22)32)25-23(13-16)34-26(29-25)18-6-8-19(9-7-18)28-15-17-4-10-20(11-5-17)30(2)3/h4-15H,1-3H3. The number of rotatable bonds is 5. The van der Waals surface area contributed by atoms with Crippen LogP contribution < -0.4 is 4.90 Å². The van der Waals surface area contributed by atoms with E-state index in [0.29, 0.717) is 11.1 Å². The van der Waals surface area contributed by atoms with Gasteiger partial charge in [-0.05, 0) is 66.6 Å². The van der Waals surface area contributed by atoms with Crippen molar-refractivity contribution in [3.63, 3.8) is 0 Å². The number of benzene rings is 3. The highest BCUT2D eigenvalue weighted by Crippen LogP contribution is 2.36. The molecule has 4 aromatic rings. The van der Waals surface area contributed by atoms with Crippen LogP contribution in [0.4, 0.5) is 11.4 Å². The van der Waals surface area contributed by atoms with Crippen molar-refractivity contribution in [1.82, 2.24) is 4.98 Å². The molecule has 0 N–H and O–H groups in total. The molecule has 0 fully saturated rings. The van der Waals surface area contributed by atoms with Crippen LogP contribution in [0.25, 0.3) is 26.4 Å². The minimum atomic E-state index is -0.644. The first kappa shape index (κ1) is 21.7. The Labute approximate surface area is 200 Å². The summed E-state index contributed by atoms with van der Waals surface area (Å²) >= 11 is 1.54. The molecule has 0 atom stereocenters. The van der Waals surface area contributed by atoms with Gasteiger partial charge in [0, 0.05) is 43.2 Å². The van der Waals surface area contributed by atoms with Gasteiger partial charge in [0.1, 0.15) is 5.01 Å². The third-order valence-electron chi connectivity index (χ3n) is 5.49. The highest BCUT2D eigenvalue weighted by molar-refractivity contribution is 7.21. The van der Waals surface area contributed by atoms with Gasteiger partial charge in [0.25, 0.3) is 0 Å². The summed E-state index contributed by atoms with van der Waals surface area (Å²) in [6.07, 6.45) is 3.08. The molecule has 5 rings (SSSR count). The molecule has 1 aliphatic rings. The molecule has 168 valence electrons. The van der Waals surface area contributed by atoms with Crippen LogP contribution in [0.2, 0.25) is 0 Å². The van der Waals surface area contributed by atoms with Gasteiger partial charge in [-0.2, -0.15) is 0 Å². The number of hydrogen-bond acceptors (Lipinski definition) is 7. The van der Waals surface area contributed by atoms with E-state index in [1.165, 1.54) is 6.08 Å². The normalized spacial score (nSPS) is 13.6. The van der Waals surface area contributed by atoms with Crippen LogP contribution in [-0.4, -0.2) is 37.2 Å². The molecular formula is C27H21N3O3S. The van der Waals surface area contributed by atoms with Crippen molar-refractivity contribution in [2.45, 2.75) is 6.92 Å². The topological polar surface area (TPSA) is 71.9 Å². The first-order chi connectivity index (χ1) is 16.4. The minimum absolute atomic E-state index is 0.249. The largest absolute Gasteiger partial charge is 0.386 e. The maximum absolute atomic E-state index is 12.1. The van der Waals surface area contributed by atoms with Gasteiger partial charge in [-0.3, -0.25) is 4.99 Å². The van der Waals surface area contributed by atoms with Crippen LogP contribution in [0, 0.1) is 6.92 Å². The summed E-state index contributed by atoms with van der Waals surface area (Å²) in [5, 5.41) is 0.829. The molecule has 2 heterocycles. The molecule has 0 spiro atoms. The van der Waals surface area contributed by atoms with Gasteiger partial charge in [-0.25, -0.2) is 14.6 Å². The molecule has 0 saturated heterocycles. The van der Waals surface area contributed by atoms with Crippen LogP contribution in [0.3, 0.4) is 0 Å². The fraction of sp³-hybridized carbons (Fsp3) is 0.111. The van der Waals surface area contributed by atoms with Crippen molar-refractivity contribution >= 4 is 56.7 Å². The van der Waals surface area contributed by atoms with Crippen LogP contribution >= 0.6 is 11.3 Å². The number of aromatic nitrogens is 1. The van der Waals surface area contributed by atoms with Crippen molar-refractivity contribution in [3.05, 3.63) is 83.4 Å². The van der Waals surface area contributed by atoms with E-state index in [2.05, 4.69) is 26.8 Å². The summed E-state index contributed by atoms with van der Waals surface area (Å²) in [7, 11) is 4.03. The lowest BCUT2D eigenvalue weighted by Crippen LogP contribution is -2.08. The fourth-order valence-electron chi connectivity index (χ4n) is 3.73. The van der Waals surface area contributed by atoms with Crippen LogP contribution in [0.15, 0.2) is 71.7 Å². The lowest BCUT2D eigenvalue weighted by Gasteiger charge is -2.11. The third kappa shape index (κ3) is 4.25. The van der Waals surface area contributed by atoms with Gasteiger partial charge in [0.2, 0.25) is 0 Å². The monoisotopic (exact) mass is 467 g/mol. The molecule has 0 bridgehead atoms. The molecule has 7 heteroatoms. The number of anilines is 1. The van der Waals surface area contributed by atoms with Gasteiger partial charge in [0.15, 0.2) is 0 Å². The number of ether oxygens (including phenoxy) is 1. The molecule has 0 radical (unpaired) electrons. The summed E-state index contributed by atoms with van der Waals surface area (Å²) in [4.78, 5) is 35.1. The number of fused-ring (bicyclic) bond motifs is 1. The number of nitrogens with zero attached hydrogens (tertiary/aromatic N) is 3. The lowest BCUT2D eigenvalue weighted by molar-refractivity contribution is -0.149. The predicted octanol–water partition coefficient (Wildman–Crippen LogP) is 5.56. The molecule has 0 amide bonds. The quantitative estimate of drug-likeness (QED) is 0.218. The number of thiazole rings is 1. The Hall–Kier alpha value is -4.10. The minimum Gasteiger partial charge on any atom is -0.386 e. The van der Waals surface area contributed by atoms with E-state index in [4.69, 9.17) is 4.98 Å². The molecule has 6 nitrogen and oxygen atoms in total. The number of hydrogen-bond donors (Lipinski definition) is 0. The van der Waals surface area contributed by atoms with E-state index in [9.17, 15) is 9.59 Å². The third-order valence-corrected chi connectivity index (χ3v) is 6.54. The smallest absolute Gasteiger partial charge is 0.346 e. The van der Waals surface area contributed by atoms with E-state index < -0.39 is 11.9 Å². The van der Waals surface area contributed by atoms with Crippen LogP contribution in [-0.2, 0) is 14.3 Å². The highest BCUT2D eigenvalue weighted by Gasteiger charge is 2.27. The highest BCUT2D eigenvalue weighted by atomic mass is 32.1. The van der Waals surface area contributed by atoms with Crippen LogP contribution in [0.5, 0.6) is 0 Å². The Morgan fingerprint density at radius 1 is 1.00 bits per heavy atom. The average Bonchev–Trinajstić information content (AvgIpc) is 3.40. The number of aryl methyl sites for hydroxylation is 1. The summed E-state index contributed by atoms with van der Waals surface area (Å²) < 4.78 is 5.63. The van der Waals surface area contributed by atoms with E-state index in [-0.39, 0.29) is 5.57 Å². The van der Waals surface area contributed by atoms with Crippen molar-refractivity contribution in [1.29, 1.82) is 0 Å². The van der Waals surface area contributed by atoms with E-state index in [1.807, 2.05) is 75.8 Å². The first-order valence-electron chi connectivity index (χ1n) is 10.7. The number of aliphatic imine (C=N–C) groups is 1. The Balaban J connectivity index is 1.42. The lowest BCUT2D eigenvalue weighted by atomic mass is 10.0. The van der Waals surface area contributed by atoms with Gasteiger partial charge in [0.05, 0.1) is 21.5 Å². The second-order valence-electron chi connectivity index (χ2n) is 8.24. The van der Waals surface area contributed by atoms with Gasteiger partial charge in [-0.15, -0.1) is 11.3 Å². The maximum atomic E-state index is 12.1. The summed E-state index contributed by atoms with van der Waals surface area (Å²) in [6.45, 7) is 1.95. The number of carbonyl (C=O) groups is 2. The zero-order chi connectivity index (χ0) is 23.8. The molecule has 1 aliphatic heterocycles. The molecular weight excluding hydrogens is 446 g/mol. The molecule has 0 aliphatic carbocycles. The molecule has 34 heavy (non-hydrogen) atoms. The van der Waals surface area contributed by atoms with Crippen molar-refractivity contribution in [3.8, 4) is 10.6 Å². The van der Waals surface area contributed by atoms with E-state index >= 15 is 0 Å². The van der Waals surface area contributed by atoms with Gasteiger partial charge >= 0.3 is 11.9 Å². The molecule has 3 aromatic carbocycles. The zero-order valence-corrected chi connectivity index (χ0v) is 19.7. The maximum Gasteiger partial charge on any atom is 0.346 e. The second kappa shape index (κ2) is 8.68. The SMILES string of the molecule is Cc1cc(C2=CC(=O)OC2=O)c2nc(-c3ccc(N=Cc4ccc(N(C)C)cc4)cc3)sc2c1. The summed E-state index contributed by atoms with van der Waals surface area (Å²) in [6, 6.07) is 20.0. The van der Waals surface area contributed by atoms with Crippen LogP contribution in [0.1, 0.15) is 16.7 Å². The Bertz CT molecular complexity index is 1480. The van der Waals surface area contributed by atoms with Gasteiger partial charge in [-0.1, -0.05) is 12.1 Å². The van der Waals surface area contributed by atoms with E-state index in [1.54, 1.807) is 11.3 Å². The first-order valence-corrected chi connectivity index (χ1v) is 11.5. The Morgan fingerprint density at radius 2 is 1.74 bits per heavy atom. The van der Waals surface area contributed by atoms with Crippen molar-refractivity contribution < 1.29 is 14.3 Å². The molecule has 0 saturated carbocycles.